The van der Waals surface area contributed by atoms with E-state index in [9.17, 15) is 9.59 Å². The molecular formula is C15H20N2O2. The number of nitrogens with one attached hydrogen (secondary N) is 1. The molecule has 102 valence electrons. The highest BCUT2D eigenvalue weighted by Gasteiger charge is 2.21. The lowest BCUT2D eigenvalue weighted by molar-refractivity contribution is -0.117. The Hall–Kier alpha value is -1.84. The van der Waals surface area contributed by atoms with Crippen molar-refractivity contribution in [2.24, 2.45) is 0 Å². The molecule has 2 rings (SSSR count). The first-order valence-electron chi connectivity index (χ1n) is 6.83. The lowest BCUT2D eigenvalue weighted by Gasteiger charge is -2.16. The number of hydrogen-bond donors (Lipinski definition) is 1. The fourth-order valence-electron chi connectivity index (χ4n) is 2.12. The Kier molecular flexibility index (Phi) is 4.20. The van der Waals surface area contributed by atoms with Gasteiger partial charge in [-0.2, -0.15) is 0 Å². The zero-order chi connectivity index (χ0) is 13.8. The van der Waals surface area contributed by atoms with E-state index in [1.54, 1.807) is 17.0 Å². The van der Waals surface area contributed by atoms with Gasteiger partial charge in [0.2, 0.25) is 5.91 Å². The smallest absolute Gasteiger partial charge is 0.251 e. The molecule has 1 heterocycles. The molecule has 1 aromatic rings. The van der Waals surface area contributed by atoms with E-state index < -0.39 is 0 Å². The number of amides is 2. The van der Waals surface area contributed by atoms with Crippen LogP contribution < -0.4 is 10.2 Å². The van der Waals surface area contributed by atoms with Crippen molar-refractivity contribution >= 4 is 17.5 Å². The molecule has 1 aliphatic heterocycles. The van der Waals surface area contributed by atoms with Crippen LogP contribution in [0.4, 0.5) is 5.69 Å². The maximum atomic E-state index is 11.9. The largest absolute Gasteiger partial charge is 0.350 e. The molecule has 0 spiro atoms. The molecule has 0 radical (unpaired) electrons. The second kappa shape index (κ2) is 5.87. The number of rotatable bonds is 4. The maximum Gasteiger partial charge on any atom is 0.251 e. The Morgan fingerprint density at radius 2 is 2.05 bits per heavy atom. The molecule has 0 bridgehead atoms. The van der Waals surface area contributed by atoms with Crippen molar-refractivity contribution in [1.82, 2.24) is 5.32 Å². The highest BCUT2D eigenvalue weighted by atomic mass is 16.2. The number of nitrogens with zero attached hydrogens (tertiary/aromatic N) is 1. The molecule has 1 aromatic carbocycles. The Morgan fingerprint density at radius 3 is 2.58 bits per heavy atom. The summed E-state index contributed by atoms with van der Waals surface area (Å²) in [5, 5.41) is 2.92. The van der Waals surface area contributed by atoms with Crippen LogP contribution in [-0.2, 0) is 4.79 Å². The molecule has 4 nitrogen and oxygen atoms in total. The van der Waals surface area contributed by atoms with Crippen LogP contribution in [0.1, 0.15) is 43.5 Å². The van der Waals surface area contributed by atoms with Gasteiger partial charge < -0.3 is 10.2 Å². The molecule has 1 fully saturated rings. The summed E-state index contributed by atoms with van der Waals surface area (Å²) in [4.78, 5) is 25.3. The molecular weight excluding hydrogens is 240 g/mol. The molecule has 0 aliphatic carbocycles. The minimum atomic E-state index is -0.0614. The Balaban J connectivity index is 2.06. The van der Waals surface area contributed by atoms with E-state index in [0.717, 1.165) is 25.1 Å². The van der Waals surface area contributed by atoms with Crippen LogP contribution in [0, 0.1) is 0 Å². The zero-order valence-electron chi connectivity index (χ0n) is 11.5. The van der Waals surface area contributed by atoms with E-state index in [2.05, 4.69) is 5.32 Å². The number of carbonyl (C=O) groups excluding carboxylic acids is 2. The molecule has 0 aromatic heterocycles. The summed E-state index contributed by atoms with van der Waals surface area (Å²) in [6.07, 6.45) is 2.44. The van der Waals surface area contributed by atoms with Gasteiger partial charge in [0.1, 0.15) is 0 Å². The van der Waals surface area contributed by atoms with Crippen LogP contribution in [0.5, 0.6) is 0 Å². The maximum absolute atomic E-state index is 11.9. The number of benzene rings is 1. The average molecular weight is 260 g/mol. The van der Waals surface area contributed by atoms with Crippen molar-refractivity contribution in [3.63, 3.8) is 0 Å². The first-order chi connectivity index (χ1) is 9.11. The van der Waals surface area contributed by atoms with Crippen LogP contribution in [0.2, 0.25) is 0 Å². The van der Waals surface area contributed by atoms with Gasteiger partial charge >= 0.3 is 0 Å². The van der Waals surface area contributed by atoms with Gasteiger partial charge in [-0.3, -0.25) is 9.59 Å². The van der Waals surface area contributed by atoms with E-state index in [4.69, 9.17) is 0 Å². The zero-order valence-corrected chi connectivity index (χ0v) is 11.5. The molecule has 2 amide bonds. The third-order valence-electron chi connectivity index (χ3n) is 3.50. The fraction of sp³-hybridized carbons (Fsp3) is 0.467. The fourth-order valence-corrected chi connectivity index (χ4v) is 2.12. The highest BCUT2D eigenvalue weighted by Crippen LogP contribution is 2.21. The van der Waals surface area contributed by atoms with Gasteiger partial charge in [-0.25, -0.2) is 0 Å². The van der Waals surface area contributed by atoms with Crippen LogP contribution in [0.15, 0.2) is 24.3 Å². The van der Waals surface area contributed by atoms with Gasteiger partial charge in [-0.05, 0) is 44.0 Å². The SMILES string of the molecule is CC[C@H](C)NC(=O)c1ccc(N2CCCC2=O)cc1. The van der Waals surface area contributed by atoms with Gasteiger partial charge in [-0.1, -0.05) is 6.92 Å². The van der Waals surface area contributed by atoms with E-state index in [1.165, 1.54) is 0 Å². The van der Waals surface area contributed by atoms with E-state index in [0.29, 0.717) is 12.0 Å². The lowest BCUT2D eigenvalue weighted by atomic mass is 10.1. The monoisotopic (exact) mass is 260 g/mol. The Labute approximate surface area is 113 Å². The van der Waals surface area contributed by atoms with Gasteiger partial charge in [0.05, 0.1) is 0 Å². The van der Waals surface area contributed by atoms with Gasteiger partial charge in [0, 0.05) is 30.3 Å². The van der Waals surface area contributed by atoms with E-state index in [1.807, 2.05) is 26.0 Å². The van der Waals surface area contributed by atoms with Gasteiger partial charge in [0.25, 0.3) is 5.91 Å². The van der Waals surface area contributed by atoms with Crippen molar-refractivity contribution in [2.75, 3.05) is 11.4 Å². The highest BCUT2D eigenvalue weighted by molar-refractivity contribution is 5.97. The summed E-state index contributed by atoms with van der Waals surface area (Å²) in [5.41, 5.74) is 1.51. The normalized spacial score (nSPS) is 16.5. The Bertz CT molecular complexity index is 468. The molecule has 0 saturated carbocycles. The van der Waals surface area contributed by atoms with Crippen molar-refractivity contribution in [2.45, 2.75) is 39.2 Å². The Morgan fingerprint density at radius 1 is 1.37 bits per heavy atom. The lowest BCUT2D eigenvalue weighted by Crippen LogP contribution is -2.32. The second-order valence-corrected chi connectivity index (χ2v) is 4.98. The molecule has 1 N–H and O–H groups in total. The van der Waals surface area contributed by atoms with Crippen LogP contribution in [0.25, 0.3) is 0 Å². The molecule has 4 heteroatoms. The summed E-state index contributed by atoms with van der Waals surface area (Å²) >= 11 is 0. The second-order valence-electron chi connectivity index (χ2n) is 4.98. The average Bonchev–Trinajstić information content (AvgIpc) is 2.85. The number of hydrogen-bond acceptors (Lipinski definition) is 2. The van der Waals surface area contributed by atoms with Crippen molar-refractivity contribution < 1.29 is 9.59 Å². The van der Waals surface area contributed by atoms with Crippen molar-refractivity contribution in [1.29, 1.82) is 0 Å². The van der Waals surface area contributed by atoms with E-state index >= 15 is 0 Å². The van der Waals surface area contributed by atoms with E-state index in [-0.39, 0.29) is 17.9 Å². The molecule has 1 saturated heterocycles. The predicted molar refractivity (Wildman–Crippen MR) is 75.2 cm³/mol. The minimum absolute atomic E-state index is 0.0614. The van der Waals surface area contributed by atoms with Crippen LogP contribution in [0.3, 0.4) is 0 Å². The first-order valence-corrected chi connectivity index (χ1v) is 6.83. The summed E-state index contributed by atoms with van der Waals surface area (Å²) in [5.74, 6) is 0.102. The number of carbonyl (C=O) groups is 2. The number of anilines is 1. The topological polar surface area (TPSA) is 49.4 Å². The van der Waals surface area contributed by atoms with Gasteiger partial charge in [0.15, 0.2) is 0 Å². The van der Waals surface area contributed by atoms with Crippen LogP contribution >= 0.6 is 0 Å². The quantitative estimate of drug-likeness (QED) is 0.903. The molecule has 1 atom stereocenters. The third kappa shape index (κ3) is 3.13. The third-order valence-corrected chi connectivity index (χ3v) is 3.50. The molecule has 1 aliphatic rings. The van der Waals surface area contributed by atoms with Crippen molar-refractivity contribution in [3.05, 3.63) is 29.8 Å². The van der Waals surface area contributed by atoms with Crippen molar-refractivity contribution in [3.8, 4) is 0 Å². The predicted octanol–water partition coefficient (Wildman–Crippen LogP) is 2.34. The summed E-state index contributed by atoms with van der Waals surface area (Å²) in [6, 6.07) is 7.41. The summed E-state index contributed by atoms with van der Waals surface area (Å²) in [7, 11) is 0. The minimum Gasteiger partial charge on any atom is -0.350 e. The molecule has 0 unspecified atom stereocenters. The summed E-state index contributed by atoms with van der Waals surface area (Å²) < 4.78 is 0. The molecule has 19 heavy (non-hydrogen) atoms. The van der Waals surface area contributed by atoms with Crippen LogP contribution in [-0.4, -0.2) is 24.4 Å². The first kappa shape index (κ1) is 13.6. The van der Waals surface area contributed by atoms with Gasteiger partial charge in [-0.15, -0.1) is 0 Å². The standard InChI is InChI=1S/C15H20N2O2/c1-3-11(2)16-15(19)12-6-8-13(9-7-12)17-10-4-5-14(17)18/h6-9,11H,3-5,10H2,1-2H3,(H,16,19)/t11-/m0/s1. The summed E-state index contributed by atoms with van der Waals surface area (Å²) in [6.45, 7) is 4.79.